The molecule has 2 N–H and O–H groups in total. The largest absolute Gasteiger partial charge is 0.350 e. The van der Waals surface area contributed by atoms with Crippen LogP contribution in [0.4, 0.5) is 0 Å². The fourth-order valence-electron chi connectivity index (χ4n) is 2.57. The predicted octanol–water partition coefficient (Wildman–Crippen LogP) is 0.442. The van der Waals surface area contributed by atoms with E-state index in [1.807, 2.05) is 6.92 Å². The van der Waals surface area contributed by atoms with Crippen molar-refractivity contribution >= 4 is 5.91 Å². The van der Waals surface area contributed by atoms with Crippen LogP contribution in [0.3, 0.4) is 0 Å². The Bertz CT molecular complexity index is 588. The third kappa shape index (κ3) is 2.56. The van der Waals surface area contributed by atoms with Crippen molar-refractivity contribution in [3.63, 3.8) is 0 Å². The number of hydrogen-bond acceptors (Lipinski definition) is 4. The minimum Gasteiger partial charge on any atom is -0.350 e. The molecule has 7 nitrogen and oxygen atoms in total. The molecule has 0 unspecified atom stereocenters. The first-order chi connectivity index (χ1) is 9.74. The van der Waals surface area contributed by atoms with Gasteiger partial charge < -0.3 is 5.32 Å². The second-order valence-electron chi connectivity index (χ2n) is 5.22. The van der Waals surface area contributed by atoms with Crippen molar-refractivity contribution in [1.29, 1.82) is 0 Å². The number of aromatic nitrogens is 5. The van der Waals surface area contributed by atoms with E-state index in [-0.39, 0.29) is 11.8 Å². The molecule has 0 fully saturated rings. The first kappa shape index (κ1) is 12.8. The lowest BCUT2D eigenvalue weighted by Gasteiger charge is -2.11. The third-order valence-corrected chi connectivity index (χ3v) is 3.70. The molecular weight excluding hydrogens is 256 g/mol. The van der Waals surface area contributed by atoms with Crippen LogP contribution in [0.1, 0.15) is 30.3 Å². The van der Waals surface area contributed by atoms with Crippen LogP contribution in [-0.4, -0.2) is 30.9 Å². The Kier molecular flexibility index (Phi) is 3.49. The van der Waals surface area contributed by atoms with Gasteiger partial charge in [-0.3, -0.25) is 14.6 Å². The fourth-order valence-corrected chi connectivity index (χ4v) is 2.57. The van der Waals surface area contributed by atoms with E-state index in [2.05, 4.69) is 25.6 Å². The number of rotatable bonds is 5. The number of amides is 1. The van der Waals surface area contributed by atoms with Gasteiger partial charge in [0.05, 0.1) is 24.7 Å². The van der Waals surface area contributed by atoms with Gasteiger partial charge in [-0.05, 0) is 24.8 Å². The van der Waals surface area contributed by atoms with Crippen molar-refractivity contribution in [2.24, 2.45) is 5.92 Å². The highest BCUT2D eigenvalue weighted by molar-refractivity contribution is 5.78. The summed E-state index contributed by atoms with van der Waals surface area (Å²) in [4.78, 5) is 15.9. The lowest BCUT2D eigenvalue weighted by Crippen LogP contribution is -2.31. The standard InChI is InChI=1S/C13H18N6O/c1-9(6-19-8-14-7-16-19)13(20)15-5-12-10-3-2-4-11(10)17-18-12/h7-9H,2-6H2,1H3,(H,15,20)(H,17,18)/t9-/m0/s1. The number of aryl methyl sites for hydroxylation is 1. The highest BCUT2D eigenvalue weighted by atomic mass is 16.1. The topological polar surface area (TPSA) is 88.5 Å². The summed E-state index contributed by atoms with van der Waals surface area (Å²) in [5.74, 6) is -0.140. The Labute approximate surface area is 116 Å². The van der Waals surface area contributed by atoms with Crippen molar-refractivity contribution in [2.75, 3.05) is 0 Å². The molecule has 0 saturated carbocycles. The number of aromatic amines is 1. The Morgan fingerprint density at radius 1 is 1.55 bits per heavy atom. The number of carbonyl (C=O) groups is 1. The van der Waals surface area contributed by atoms with Crippen LogP contribution in [0.2, 0.25) is 0 Å². The molecule has 0 spiro atoms. The first-order valence-corrected chi connectivity index (χ1v) is 6.89. The molecule has 2 aromatic heterocycles. The van der Waals surface area contributed by atoms with Gasteiger partial charge in [0.25, 0.3) is 0 Å². The predicted molar refractivity (Wildman–Crippen MR) is 71.6 cm³/mol. The SMILES string of the molecule is C[C@@H](Cn1cncn1)C(=O)NCc1n[nH]c2c1CCC2. The summed E-state index contributed by atoms with van der Waals surface area (Å²) in [5.41, 5.74) is 3.48. The average molecular weight is 274 g/mol. The zero-order valence-electron chi connectivity index (χ0n) is 11.5. The zero-order valence-corrected chi connectivity index (χ0v) is 11.5. The normalized spacial score (nSPS) is 15.1. The molecule has 1 aliphatic rings. The van der Waals surface area contributed by atoms with Gasteiger partial charge in [-0.1, -0.05) is 6.92 Å². The molecule has 2 aromatic rings. The smallest absolute Gasteiger partial charge is 0.225 e. The van der Waals surface area contributed by atoms with E-state index in [1.165, 1.54) is 24.0 Å². The van der Waals surface area contributed by atoms with E-state index in [9.17, 15) is 4.79 Å². The van der Waals surface area contributed by atoms with E-state index in [1.54, 1.807) is 11.0 Å². The van der Waals surface area contributed by atoms with Crippen LogP contribution in [0, 0.1) is 5.92 Å². The molecule has 3 rings (SSSR count). The maximum Gasteiger partial charge on any atom is 0.225 e. The highest BCUT2D eigenvalue weighted by Crippen LogP contribution is 2.22. The average Bonchev–Trinajstić information content (AvgIpc) is 3.13. The first-order valence-electron chi connectivity index (χ1n) is 6.89. The van der Waals surface area contributed by atoms with Crippen LogP contribution < -0.4 is 5.32 Å². The van der Waals surface area contributed by atoms with Crippen molar-refractivity contribution in [3.8, 4) is 0 Å². The monoisotopic (exact) mass is 274 g/mol. The van der Waals surface area contributed by atoms with Gasteiger partial charge >= 0.3 is 0 Å². The van der Waals surface area contributed by atoms with Crippen LogP contribution in [0.25, 0.3) is 0 Å². The second-order valence-corrected chi connectivity index (χ2v) is 5.22. The molecule has 2 heterocycles. The third-order valence-electron chi connectivity index (χ3n) is 3.70. The van der Waals surface area contributed by atoms with Gasteiger partial charge in [-0.2, -0.15) is 10.2 Å². The Balaban J connectivity index is 1.53. The summed E-state index contributed by atoms with van der Waals surface area (Å²) < 4.78 is 1.66. The number of fused-ring (bicyclic) bond motifs is 1. The van der Waals surface area contributed by atoms with E-state index >= 15 is 0 Å². The van der Waals surface area contributed by atoms with Crippen molar-refractivity contribution in [3.05, 3.63) is 29.6 Å². The Hall–Kier alpha value is -2.18. The van der Waals surface area contributed by atoms with E-state index in [0.29, 0.717) is 13.1 Å². The molecule has 1 amide bonds. The molecule has 20 heavy (non-hydrogen) atoms. The minimum atomic E-state index is -0.149. The minimum absolute atomic E-state index is 0.00949. The second kappa shape index (κ2) is 5.44. The number of carbonyl (C=O) groups excluding carboxylic acids is 1. The molecule has 1 aliphatic carbocycles. The lowest BCUT2D eigenvalue weighted by molar-refractivity contribution is -0.125. The quantitative estimate of drug-likeness (QED) is 0.828. The van der Waals surface area contributed by atoms with E-state index < -0.39 is 0 Å². The van der Waals surface area contributed by atoms with E-state index in [0.717, 1.165) is 18.5 Å². The summed E-state index contributed by atoms with van der Waals surface area (Å²) in [6, 6.07) is 0. The van der Waals surface area contributed by atoms with Crippen molar-refractivity contribution in [1.82, 2.24) is 30.3 Å². The van der Waals surface area contributed by atoms with Crippen LogP contribution in [-0.2, 0) is 30.7 Å². The summed E-state index contributed by atoms with van der Waals surface area (Å²) >= 11 is 0. The van der Waals surface area contributed by atoms with E-state index in [4.69, 9.17) is 0 Å². The number of nitrogens with one attached hydrogen (secondary N) is 2. The molecule has 0 aliphatic heterocycles. The molecule has 0 saturated heterocycles. The number of hydrogen-bond donors (Lipinski definition) is 2. The summed E-state index contributed by atoms with van der Waals surface area (Å²) in [6.45, 7) is 2.91. The molecule has 0 radical (unpaired) electrons. The molecule has 1 atom stereocenters. The van der Waals surface area contributed by atoms with Gasteiger partial charge in [0.1, 0.15) is 12.7 Å². The zero-order chi connectivity index (χ0) is 13.9. The van der Waals surface area contributed by atoms with Crippen LogP contribution in [0.15, 0.2) is 12.7 Å². The molecule has 0 aromatic carbocycles. The van der Waals surface area contributed by atoms with Gasteiger partial charge in [0.2, 0.25) is 5.91 Å². The number of nitrogens with zero attached hydrogens (tertiary/aromatic N) is 4. The highest BCUT2D eigenvalue weighted by Gasteiger charge is 2.19. The number of H-pyrrole nitrogens is 1. The van der Waals surface area contributed by atoms with Gasteiger partial charge in [-0.15, -0.1) is 0 Å². The van der Waals surface area contributed by atoms with Crippen molar-refractivity contribution in [2.45, 2.75) is 39.3 Å². The van der Waals surface area contributed by atoms with Crippen LogP contribution >= 0.6 is 0 Å². The van der Waals surface area contributed by atoms with Crippen molar-refractivity contribution < 1.29 is 4.79 Å². The Morgan fingerprint density at radius 3 is 3.25 bits per heavy atom. The van der Waals surface area contributed by atoms with Crippen LogP contribution in [0.5, 0.6) is 0 Å². The van der Waals surface area contributed by atoms with Gasteiger partial charge in [0.15, 0.2) is 0 Å². The summed E-state index contributed by atoms with van der Waals surface area (Å²) in [7, 11) is 0. The molecular formula is C13H18N6O. The lowest BCUT2D eigenvalue weighted by atomic mass is 10.1. The summed E-state index contributed by atoms with van der Waals surface area (Å²) in [5, 5.41) is 14.3. The summed E-state index contributed by atoms with van der Waals surface area (Å²) in [6.07, 6.45) is 6.39. The maximum absolute atomic E-state index is 12.1. The van der Waals surface area contributed by atoms with Gasteiger partial charge in [-0.25, -0.2) is 4.98 Å². The Morgan fingerprint density at radius 2 is 2.45 bits per heavy atom. The molecule has 7 heteroatoms. The molecule has 106 valence electrons. The molecule has 0 bridgehead atoms. The maximum atomic E-state index is 12.1. The van der Waals surface area contributed by atoms with Gasteiger partial charge in [0, 0.05) is 5.69 Å². The fraction of sp³-hybridized carbons (Fsp3) is 0.538.